The molecule has 1 aliphatic rings. The third kappa shape index (κ3) is 5.15. The topological polar surface area (TPSA) is 35.5 Å². The molecular weight excluding hydrogens is 344 g/mol. The average Bonchev–Trinajstić information content (AvgIpc) is 2.54. The largest absolute Gasteiger partial charge is 0.411 e. The summed E-state index contributed by atoms with van der Waals surface area (Å²) in [4.78, 5) is 11.6. The van der Waals surface area contributed by atoms with Gasteiger partial charge in [0.05, 0.1) is 6.10 Å². The monoisotopic (exact) mass is 384 g/mol. The molecule has 3 nitrogen and oxygen atoms in total. The molecule has 5 heteroatoms. The third-order valence-electron chi connectivity index (χ3n) is 6.53. The van der Waals surface area contributed by atoms with Gasteiger partial charge in [-0.1, -0.05) is 53.7 Å². The van der Waals surface area contributed by atoms with E-state index >= 15 is 0 Å². The van der Waals surface area contributed by atoms with Crippen LogP contribution in [0.1, 0.15) is 60.8 Å². The Morgan fingerprint density at radius 1 is 1.16 bits per heavy atom. The normalized spacial score (nSPS) is 25.2. The number of hydrogen-bond acceptors (Lipinski definition) is 3. The van der Waals surface area contributed by atoms with Crippen LogP contribution < -0.4 is 0 Å². The number of hydrogen-bond donors (Lipinski definition) is 0. The van der Waals surface area contributed by atoms with Crippen molar-refractivity contribution in [3.8, 4) is 0 Å². The zero-order valence-corrected chi connectivity index (χ0v) is 19.8. The van der Waals surface area contributed by atoms with Gasteiger partial charge in [-0.25, -0.2) is 0 Å². The summed E-state index contributed by atoms with van der Waals surface area (Å²) in [5, 5.41) is 0.149. The minimum atomic E-state index is -1.93. The predicted molar refractivity (Wildman–Crippen MR) is 112 cm³/mol. The summed E-state index contributed by atoms with van der Waals surface area (Å²) >= 11 is 0. The number of aldehydes is 1. The Morgan fingerprint density at radius 3 is 2.16 bits per heavy atom. The van der Waals surface area contributed by atoms with E-state index in [9.17, 15) is 4.79 Å². The minimum Gasteiger partial charge on any atom is -0.411 e. The first-order valence-corrected chi connectivity index (χ1v) is 15.4. The molecule has 0 N–H and O–H groups in total. The molecule has 0 radical (unpaired) electrons. The second-order valence-corrected chi connectivity index (χ2v) is 18.5. The minimum absolute atomic E-state index is 0.0138. The third-order valence-corrected chi connectivity index (χ3v) is 15.7. The molecule has 0 spiro atoms. The highest BCUT2D eigenvalue weighted by atomic mass is 28.4. The van der Waals surface area contributed by atoms with Crippen molar-refractivity contribution in [2.24, 2.45) is 0 Å². The molecule has 0 amide bonds. The van der Waals surface area contributed by atoms with Crippen molar-refractivity contribution in [1.82, 2.24) is 0 Å². The lowest BCUT2D eigenvalue weighted by atomic mass is 9.86. The van der Waals surface area contributed by atoms with Crippen LogP contribution >= 0.6 is 0 Å². The van der Waals surface area contributed by atoms with Crippen LogP contribution in [0.5, 0.6) is 0 Å². The highest BCUT2D eigenvalue weighted by Crippen LogP contribution is 2.43. The number of carbonyl (C=O) groups excluding carboxylic acids is 1. The fraction of sp³-hybridized carbons (Fsp3) is 0.850. The molecule has 0 saturated carbocycles. The summed E-state index contributed by atoms with van der Waals surface area (Å²) in [6.45, 7) is 18.1. The van der Waals surface area contributed by atoms with Gasteiger partial charge in [-0.3, -0.25) is 0 Å². The van der Waals surface area contributed by atoms with Gasteiger partial charge in [0, 0.05) is 6.42 Å². The molecule has 0 aliphatic heterocycles. The fourth-order valence-corrected chi connectivity index (χ4v) is 7.82. The Bertz CT molecular complexity index is 456. The summed E-state index contributed by atoms with van der Waals surface area (Å²) < 4.78 is 13.8. The maximum atomic E-state index is 11.6. The Hall–Kier alpha value is -0.236. The average molecular weight is 385 g/mol. The molecule has 0 unspecified atom stereocenters. The molecule has 0 bridgehead atoms. The summed E-state index contributed by atoms with van der Waals surface area (Å²) in [6, 6.07) is 3.25. The van der Waals surface area contributed by atoms with Gasteiger partial charge in [0.15, 0.2) is 16.6 Å². The SMILES string of the molecule is CC[Si](CC)(CC)O[C@@]1(CC=O)C=CCC[C@@H]1O[Si](C)(C)C(C)(C)C. The van der Waals surface area contributed by atoms with E-state index in [0.29, 0.717) is 6.42 Å². The van der Waals surface area contributed by atoms with Crippen molar-refractivity contribution in [1.29, 1.82) is 0 Å². The number of carbonyl (C=O) groups is 1. The van der Waals surface area contributed by atoms with E-state index in [0.717, 1.165) is 37.3 Å². The predicted octanol–water partition coefficient (Wildman–Crippen LogP) is 6.08. The highest BCUT2D eigenvalue weighted by Gasteiger charge is 2.49. The number of rotatable bonds is 9. The van der Waals surface area contributed by atoms with Gasteiger partial charge >= 0.3 is 0 Å². The molecule has 0 fully saturated rings. The first-order chi connectivity index (χ1) is 11.5. The van der Waals surface area contributed by atoms with Gasteiger partial charge in [0.25, 0.3) is 0 Å². The fourth-order valence-electron chi connectivity index (χ4n) is 3.41. The van der Waals surface area contributed by atoms with Crippen molar-refractivity contribution in [2.75, 3.05) is 0 Å². The van der Waals surface area contributed by atoms with Crippen LogP contribution in [-0.4, -0.2) is 34.6 Å². The molecule has 0 aromatic rings. The lowest BCUT2D eigenvalue weighted by Crippen LogP contribution is -2.58. The van der Waals surface area contributed by atoms with Crippen LogP contribution in [0.2, 0.25) is 36.3 Å². The van der Waals surface area contributed by atoms with Crippen LogP contribution in [-0.2, 0) is 13.6 Å². The molecule has 0 saturated heterocycles. The van der Waals surface area contributed by atoms with E-state index in [-0.39, 0.29) is 11.1 Å². The highest BCUT2D eigenvalue weighted by molar-refractivity contribution is 6.74. The van der Waals surface area contributed by atoms with Crippen LogP contribution in [0.25, 0.3) is 0 Å². The quantitative estimate of drug-likeness (QED) is 0.275. The van der Waals surface area contributed by atoms with E-state index < -0.39 is 22.2 Å². The van der Waals surface area contributed by atoms with E-state index in [2.05, 4.69) is 66.8 Å². The van der Waals surface area contributed by atoms with Gasteiger partial charge < -0.3 is 13.6 Å². The van der Waals surface area contributed by atoms with Gasteiger partial charge in [0.1, 0.15) is 11.9 Å². The Balaban J connectivity index is 3.25. The lowest BCUT2D eigenvalue weighted by molar-refractivity contribution is -0.114. The van der Waals surface area contributed by atoms with E-state index in [1.807, 2.05) is 0 Å². The lowest BCUT2D eigenvalue weighted by Gasteiger charge is -2.50. The standard InChI is InChI=1S/C20H40O3Si2/c1-9-25(10-2,11-3)23-20(16-17-21)15-13-12-14-18(20)22-24(7,8)19(4,5)6/h13,15,17-18H,9-12,14,16H2,1-8H3/t18-,20+/m0/s1. The van der Waals surface area contributed by atoms with Crippen molar-refractivity contribution >= 4 is 22.9 Å². The zero-order valence-electron chi connectivity index (χ0n) is 17.8. The molecule has 0 aromatic carbocycles. The second-order valence-electron chi connectivity index (χ2n) is 9.02. The van der Waals surface area contributed by atoms with Gasteiger partial charge in [-0.2, -0.15) is 0 Å². The summed E-state index contributed by atoms with van der Waals surface area (Å²) in [6.07, 6.45) is 7.71. The molecular formula is C20H40O3Si2. The molecule has 25 heavy (non-hydrogen) atoms. The van der Waals surface area contributed by atoms with Crippen molar-refractivity contribution in [3.63, 3.8) is 0 Å². The van der Waals surface area contributed by atoms with Crippen molar-refractivity contribution in [2.45, 2.75) is 109 Å². The van der Waals surface area contributed by atoms with Crippen LogP contribution in [0.4, 0.5) is 0 Å². The maximum Gasteiger partial charge on any atom is 0.193 e. The van der Waals surface area contributed by atoms with E-state index in [1.54, 1.807) is 0 Å². The summed E-state index contributed by atoms with van der Waals surface area (Å²) in [5.41, 5.74) is -0.566. The summed E-state index contributed by atoms with van der Waals surface area (Å²) in [5.74, 6) is 0. The van der Waals surface area contributed by atoms with Crippen LogP contribution in [0.3, 0.4) is 0 Å². The Morgan fingerprint density at radius 2 is 1.72 bits per heavy atom. The molecule has 146 valence electrons. The zero-order chi connectivity index (χ0) is 19.4. The van der Waals surface area contributed by atoms with Gasteiger partial charge in [-0.05, 0) is 49.1 Å². The van der Waals surface area contributed by atoms with E-state index in [4.69, 9.17) is 8.85 Å². The second kappa shape index (κ2) is 8.63. The van der Waals surface area contributed by atoms with Crippen LogP contribution in [0, 0.1) is 0 Å². The molecule has 0 aromatic heterocycles. The Labute approximate surface area is 157 Å². The molecule has 1 aliphatic carbocycles. The molecule has 1 rings (SSSR count). The Kier molecular flexibility index (Phi) is 7.88. The van der Waals surface area contributed by atoms with Gasteiger partial charge in [0.2, 0.25) is 0 Å². The summed E-state index contributed by atoms with van der Waals surface area (Å²) in [7, 11) is -3.78. The van der Waals surface area contributed by atoms with E-state index in [1.165, 1.54) is 0 Å². The smallest absolute Gasteiger partial charge is 0.193 e. The number of allylic oxidation sites excluding steroid dienone is 1. The van der Waals surface area contributed by atoms with Crippen LogP contribution in [0.15, 0.2) is 12.2 Å². The molecule has 2 atom stereocenters. The van der Waals surface area contributed by atoms with Gasteiger partial charge in [-0.15, -0.1) is 0 Å². The molecule has 0 heterocycles. The first-order valence-electron chi connectivity index (χ1n) is 10.0. The van der Waals surface area contributed by atoms with Crippen molar-refractivity contribution < 1.29 is 13.6 Å². The maximum absolute atomic E-state index is 11.6. The first kappa shape index (κ1) is 22.8. The van der Waals surface area contributed by atoms with Crippen molar-refractivity contribution in [3.05, 3.63) is 12.2 Å².